The molecule has 0 aliphatic carbocycles. The Balaban J connectivity index is 1.85. The number of fused-ring (bicyclic) bond motifs is 1. The number of morpholine rings is 1. The van der Waals surface area contributed by atoms with Gasteiger partial charge in [-0.1, -0.05) is 42.5 Å². The van der Waals surface area contributed by atoms with Crippen LogP contribution < -0.4 is 0 Å². The predicted octanol–water partition coefficient (Wildman–Crippen LogP) is 3.75. The quantitative estimate of drug-likeness (QED) is 0.702. The van der Waals surface area contributed by atoms with Crippen molar-refractivity contribution in [3.8, 4) is 5.75 Å². The number of nitrogens with zero attached hydrogens (tertiary/aromatic N) is 1. The third-order valence-corrected chi connectivity index (χ3v) is 5.28. The van der Waals surface area contributed by atoms with Crippen LogP contribution in [0.5, 0.6) is 5.75 Å². The zero-order chi connectivity index (χ0) is 19.5. The smallest absolute Gasteiger partial charge is 0.337 e. The van der Waals surface area contributed by atoms with Crippen LogP contribution in [0.15, 0.2) is 60.7 Å². The first-order chi connectivity index (χ1) is 13.7. The molecule has 0 saturated carbocycles. The van der Waals surface area contributed by atoms with E-state index in [-0.39, 0.29) is 17.8 Å². The molecule has 28 heavy (non-hydrogen) atoms. The molecule has 5 nitrogen and oxygen atoms in total. The van der Waals surface area contributed by atoms with Gasteiger partial charge in [-0.25, -0.2) is 4.79 Å². The second-order valence-corrected chi connectivity index (χ2v) is 6.88. The van der Waals surface area contributed by atoms with Gasteiger partial charge < -0.3 is 14.6 Å². The van der Waals surface area contributed by atoms with Crippen LogP contribution in [0.25, 0.3) is 10.8 Å². The predicted molar refractivity (Wildman–Crippen MR) is 108 cm³/mol. The Morgan fingerprint density at radius 3 is 2.46 bits per heavy atom. The van der Waals surface area contributed by atoms with Gasteiger partial charge in [0.2, 0.25) is 0 Å². The molecule has 0 bridgehead atoms. The molecule has 1 saturated heterocycles. The van der Waals surface area contributed by atoms with Crippen LogP contribution in [0.3, 0.4) is 0 Å². The lowest BCUT2D eigenvalue weighted by Gasteiger charge is -2.36. The Labute approximate surface area is 164 Å². The number of rotatable bonds is 4. The number of hydrogen-bond acceptors (Lipinski definition) is 5. The van der Waals surface area contributed by atoms with Crippen molar-refractivity contribution in [3.63, 3.8) is 0 Å². The third-order valence-electron chi connectivity index (χ3n) is 5.28. The van der Waals surface area contributed by atoms with E-state index >= 15 is 0 Å². The molecule has 1 fully saturated rings. The Morgan fingerprint density at radius 2 is 1.75 bits per heavy atom. The van der Waals surface area contributed by atoms with Crippen LogP contribution in [0, 0.1) is 0 Å². The fraction of sp³-hybridized carbons (Fsp3) is 0.261. The summed E-state index contributed by atoms with van der Waals surface area (Å²) in [6.45, 7) is 2.85. The standard InChI is InChI=1S/C23H23NO4/c1-27-23(26)18-8-6-17(7-9-18)22(24-12-14-28-15-13-24)21-19-5-3-2-4-16(19)10-11-20(21)25/h2-11,22,25H,12-15H2,1H3. The van der Waals surface area contributed by atoms with Gasteiger partial charge in [-0.3, -0.25) is 4.90 Å². The number of esters is 1. The molecule has 1 aliphatic rings. The fourth-order valence-corrected chi connectivity index (χ4v) is 3.89. The van der Waals surface area contributed by atoms with Crippen molar-refractivity contribution in [3.05, 3.63) is 77.4 Å². The van der Waals surface area contributed by atoms with Crippen molar-refractivity contribution in [1.82, 2.24) is 4.90 Å². The molecule has 0 aromatic heterocycles. The third kappa shape index (κ3) is 3.46. The number of phenolic OH excluding ortho intramolecular Hbond substituents is 1. The van der Waals surface area contributed by atoms with Gasteiger partial charge >= 0.3 is 5.97 Å². The Morgan fingerprint density at radius 1 is 1.04 bits per heavy atom. The molecule has 3 aromatic rings. The summed E-state index contributed by atoms with van der Waals surface area (Å²) in [5.74, 6) is -0.0882. The highest BCUT2D eigenvalue weighted by Crippen LogP contribution is 2.39. The van der Waals surface area contributed by atoms with Crippen LogP contribution in [-0.4, -0.2) is 49.4 Å². The first-order valence-corrected chi connectivity index (χ1v) is 9.39. The molecule has 0 amide bonds. The van der Waals surface area contributed by atoms with Gasteiger partial charge in [-0.2, -0.15) is 0 Å². The maximum absolute atomic E-state index is 11.8. The molecule has 0 spiro atoms. The normalized spacial score (nSPS) is 16.0. The number of aromatic hydroxyl groups is 1. The maximum atomic E-state index is 11.8. The SMILES string of the molecule is COC(=O)c1ccc(C(c2c(O)ccc3ccccc23)N2CCOCC2)cc1. The van der Waals surface area contributed by atoms with Crippen molar-refractivity contribution < 1.29 is 19.4 Å². The summed E-state index contributed by atoms with van der Waals surface area (Å²) in [4.78, 5) is 14.1. The van der Waals surface area contributed by atoms with E-state index < -0.39 is 0 Å². The van der Waals surface area contributed by atoms with Crippen LogP contribution >= 0.6 is 0 Å². The van der Waals surface area contributed by atoms with E-state index in [0.29, 0.717) is 18.8 Å². The highest BCUT2D eigenvalue weighted by molar-refractivity contribution is 5.90. The minimum atomic E-state index is -0.359. The summed E-state index contributed by atoms with van der Waals surface area (Å²) in [6, 6.07) is 19.1. The van der Waals surface area contributed by atoms with E-state index in [9.17, 15) is 9.90 Å². The van der Waals surface area contributed by atoms with E-state index in [1.807, 2.05) is 36.4 Å². The lowest BCUT2D eigenvalue weighted by atomic mass is 9.91. The van der Waals surface area contributed by atoms with E-state index in [4.69, 9.17) is 9.47 Å². The number of carbonyl (C=O) groups is 1. The van der Waals surface area contributed by atoms with Gasteiger partial charge in [-0.05, 0) is 34.5 Å². The molecule has 1 heterocycles. The van der Waals surface area contributed by atoms with E-state index in [1.165, 1.54) is 7.11 Å². The number of hydrogen-bond donors (Lipinski definition) is 1. The summed E-state index contributed by atoms with van der Waals surface area (Å²) >= 11 is 0. The number of ether oxygens (including phenoxy) is 2. The van der Waals surface area contributed by atoms with E-state index in [0.717, 1.165) is 35.0 Å². The minimum absolute atomic E-state index is 0.137. The number of methoxy groups -OCH3 is 1. The lowest BCUT2D eigenvalue weighted by molar-refractivity contribution is 0.0238. The zero-order valence-electron chi connectivity index (χ0n) is 15.8. The number of phenols is 1. The first kappa shape index (κ1) is 18.5. The van der Waals surface area contributed by atoms with Crippen molar-refractivity contribution in [2.45, 2.75) is 6.04 Å². The molecule has 144 valence electrons. The van der Waals surface area contributed by atoms with Gasteiger partial charge in [0.1, 0.15) is 5.75 Å². The molecule has 0 radical (unpaired) electrons. The second kappa shape index (κ2) is 8.00. The molecular weight excluding hydrogens is 354 g/mol. The lowest BCUT2D eigenvalue weighted by Crippen LogP contribution is -2.39. The van der Waals surface area contributed by atoms with Crippen LogP contribution in [0.1, 0.15) is 27.5 Å². The van der Waals surface area contributed by atoms with Crippen molar-refractivity contribution >= 4 is 16.7 Å². The summed E-state index contributed by atoms with van der Waals surface area (Å²) < 4.78 is 10.3. The number of benzene rings is 3. The number of carbonyl (C=O) groups excluding carboxylic acids is 1. The van der Waals surface area contributed by atoms with E-state index in [2.05, 4.69) is 11.0 Å². The van der Waals surface area contributed by atoms with Crippen molar-refractivity contribution in [2.24, 2.45) is 0 Å². The summed E-state index contributed by atoms with van der Waals surface area (Å²) in [6.07, 6.45) is 0. The highest BCUT2D eigenvalue weighted by atomic mass is 16.5. The monoisotopic (exact) mass is 377 g/mol. The second-order valence-electron chi connectivity index (χ2n) is 6.88. The van der Waals surface area contributed by atoms with Gasteiger partial charge in [0, 0.05) is 18.7 Å². The Kier molecular flexibility index (Phi) is 5.28. The van der Waals surface area contributed by atoms with Gasteiger partial charge in [0.25, 0.3) is 0 Å². The molecule has 4 rings (SSSR count). The highest BCUT2D eigenvalue weighted by Gasteiger charge is 2.28. The molecule has 1 unspecified atom stereocenters. The molecular formula is C23H23NO4. The first-order valence-electron chi connectivity index (χ1n) is 9.39. The van der Waals surface area contributed by atoms with Crippen LogP contribution in [0.2, 0.25) is 0 Å². The van der Waals surface area contributed by atoms with Crippen LogP contribution in [-0.2, 0) is 9.47 Å². The van der Waals surface area contributed by atoms with Gasteiger partial charge in [0.15, 0.2) is 0 Å². The maximum Gasteiger partial charge on any atom is 0.337 e. The zero-order valence-corrected chi connectivity index (χ0v) is 15.8. The van der Waals surface area contributed by atoms with Crippen molar-refractivity contribution in [2.75, 3.05) is 33.4 Å². The summed E-state index contributed by atoms with van der Waals surface area (Å²) in [7, 11) is 1.38. The fourth-order valence-electron chi connectivity index (χ4n) is 3.89. The van der Waals surface area contributed by atoms with Crippen LogP contribution in [0.4, 0.5) is 0 Å². The largest absolute Gasteiger partial charge is 0.508 e. The summed E-state index contributed by atoms with van der Waals surface area (Å²) in [5.41, 5.74) is 2.40. The minimum Gasteiger partial charge on any atom is -0.508 e. The van der Waals surface area contributed by atoms with Gasteiger partial charge in [0.05, 0.1) is 31.9 Å². The average Bonchev–Trinajstić information content (AvgIpc) is 2.76. The summed E-state index contributed by atoms with van der Waals surface area (Å²) in [5, 5.41) is 12.9. The molecule has 1 atom stereocenters. The topological polar surface area (TPSA) is 59.0 Å². The Hall–Kier alpha value is -2.89. The molecule has 1 N–H and O–H groups in total. The molecule has 5 heteroatoms. The van der Waals surface area contributed by atoms with Crippen molar-refractivity contribution in [1.29, 1.82) is 0 Å². The molecule has 1 aliphatic heterocycles. The van der Waals surface area contributed by atoms with Gasteiger partial charge in [-0.15, -0.1) is 0 Å². The Bertz CT molecular complexity index is 978. The average molecular weight is 377 g/mol. The molecule has 3 aromatic carbocycles. The van der Waals surface area contributed by atoms with E-state index in [1.54, 1.807) is 18.2 Å².